The van der Waals surface area contributed by atoms with Gasteiger partial charge in [0, 0.05) is 5.41 Å². The van der Waals surface area contributed by atoms with E-state index in [9.17, 15) is 0 Å². The molecule has 0 amide bonds. The Morgan fingerprint density at radius 3 is 1.83 bits per heavy atom. The van der Waals surface area contributed by atoms with Gasteiger partial charge in [-0.25, -0.2) is 0 Å². The third-order valence-electron chi connectivity index (χ3n) is 6.22. The van der Waals surface area contributed by atoms with E-state index < -0.39 is 0 Å². The van der Waals surface area contributed by atoms with Gasteiger partial charge in [-0.3, -0.25) is 0 Å². The van der Waals surface area contributed by atoms with E-state index in [1.807, 2.05) is 0 Å². The Labute approximate surface area is 175 Å². The molecule has 0 heterocycles. The lowest BCUT2D eigenvalue weighted by atomic mass is 9.64. The lowest BCUT2D eigenvalue weighted by molar-refractivity contribution is 0.508. The van der Waals surface area contributed by atoms with E-state index in [0.717, 1.165) is 19.3 Å². The fourth-order valence-electron chi connectivity index (χ4n) is 4.82. The average molecular weight is 379 g/mol. The number of allylic oxidation sites excluding steroid dienone is 4. The monoisotopic (exact) mass is 378 g/mol. The molecule has 0 aromatic heterocycles. The first-order chi connectivity index (χ1) is 14.3. The van der Waals surface area contributed by atoms with Crippen LogP contribution >= 0.6 is 0 Å². The number of hydrogen-bond acceptors (Lipinski definition) is 0. The van der Waals surface area contributed by atoms with Crippen LogP contribution in [0.25, 0.3) is 0 Å². The molecule has 0 radical (unpaired) electrons. The standard InChI is InChI=1S/C29H30/c1-2-3-22-29(26-17-9-5-10-18-26,27-19-11-6-12-20-27)28-21-13-16-25(28)23-24-14-7-4-8-15-24/h4-20H,2-3,21-23H2,1H3. The minimum absolute atomic E-state index is 0.0633. The van der Waals surface area contributed by atoms with Crippen LogP contribution in [0, 0.1) is 0 Å². The minimum atomic E-state index is -0.0633. The third kappa shape index (κ3) is 3.98. The smallest absolute Gasteiger partial charge is 0.0419 e. The van der Waals surface area contributed by atoms with Crippen LogP contribution in [0.5, 0.6) is 0 Å². The van der Waals surface area contributed by atoms with E-state index in [1.54, 1.807) is 5.57 Å². The molecule has 146 valence electrons. The fourth-order valence-corrected chi connectivity index (χ4v) is 4.82. The largest absolute Gasteiger partial charge is 0.0801 e. The lowest BCUT2D eigenvalue weighted by Crippen LogP contribution is -2.31. The summed E-state index contributed by atoms with van der Waals surface area (Å²) in [5, 5.41) is 0. The second-order valence-corrected chi connectivity index (χ2v) is 8.01. The molecule has 0 unspecified atom stereocenters. The zero-order valence-corrected chi connectivity index (χ0v) is 17.4. The van der Waals surface area contributed by atoms with Gasteiger partial charge in [-0.2, -0.15) is 0 Å². The van der Waals surface area contributed by atoms with E-state index in [2.05, 4.69) is 110 Å². The van der Waals surface area contributed by atoms with Gasteiger partial charge in [0.25, 0.3) is 0 Å². The zero-order valence-electron chi connectivity index (χ0n) is 17.4. The summed E-state index contributed by atoms with van der Waals surface area (Å²) in [5.41, 5.74) is 7.23. The summed E-state index contributed by atoms with van der Waals surface area (Å²) in [6, 6.07) is 33.2. The molecule has 0 saturated heterocycles. The number of rotatable bonds is 8. The molecule has 0 heteroatoms. The number of unbranched alkanes of at least 4 members (excludes halogenated alkanes) is 1. The molecule has 0 aliphatic heterocycles. The maximum Gasteiger partial charge on any atom is 0.0419 e. The molecule has 0 spiro atoms. The van der Waals surface area contributed by atoms with Gasteiger partial charge in [0.05, 0.1) is 0 Å². The highest BCUT2D eigenvalue weighted by atomic mass is 14.4. The van der Waals surface area contributed by atoms with Crippen LogP contribution < -0.4 is 0 Å². The molecule has 3 aromatic carbocycles. The molecule has 1 aliphatic carbocycles. The van der Waals surface area contributed by atoms with Gasteiger partial charge < -0.3 is 0 Å². The highest BCUT2D eigenvalue weighted by Crippen LogP contribution is 2.48. The van der Waals surface area contributed by atoms with Crippen molar-refractivity contribution in [3.8, 4) is 0 Å². The second kappa shape index (κ2) is 9.09. The Morgan fingerprint density at radius 2 is 1.28 bits per heavy atom. The van der Waals surface area contributed by atoms with Crippen molar-refractivity contribution in [2.24, 2.45) is 0 Å². The van der Waals surface area contributed by atoms with Crippen LogP contribution in [-0.4, -0.2) is 0 Å². The van der Waals surface area contributed by atoms with Crippen molar-refractivity contribution in [1.29, 1.82) is 0 Å². The normalized spacial score (nSPS) is 13.8. The summed E-state index contributed by atoms with van der Waals surface area (Å²) in [5.74, 6) is 0. The van der Waals surface area contributed by atoms with Gasteiger partial charge in [-0.1, -0.05) is 123 Å². The van der Waals surface area contributed by atoms with Crippen LogP contribution in [0.3, 0.4) is 0 Å². The molecule has 0 N–H and O–H groups in total. The zero-order chi connectivity index (χ0) is 19.9. The second-order valence-electron chi connectivity index (χ2n) is 8.01. The van der Waals surface area contributed by atoms with Crippen LogP contribution in [0.2, 0.25) is 0 Å². The van der Waals surface area contributed by atoms with Crippen molar-refractivity contribution in [2.45, 2.75) is 44.4 Å². The summed E-state index contributed by atoms with van der Waals surface area (Å²) < 4.78 is 0. The topological polar surface area (TPSA) is 0 Å². The van der Waals surface area contributed by atoms with Gasteiger partial charge in [0.15, 0.2) is 0 Å². The molecule has 0 fully saturated rings. The Bertz CT molecular complexity index is 923. The molecule has 0 bridgehead atoms. The van der Waals surface area contributed by atoms with Crippen molar-refractivity contribution >= 4 is 0 Å². The third-order valence-corrected chi connectivity index (χ3v) is 6.22. The van der Waals surface area contributed by atoms with Gasteiger partial charge >= 0.3 is 0 Å². The molecule has 4 rings (SSSR count). The van der Waals surface area contributed by atoms with Crippen LogP contribution in [0.15, 0.2) is 114 Å². The summed E-state index contributed by atoms with van der Waals surface area (Å²) in [4.78, 5) is 0. The molecule has 0 saturated carbocycles. The predicted octanol–water partition coefficient (Wildman–Crippen LogP) is 7.66. The van der Waals surface area contributed by atoms with E-state index in [4.69, 9.17) is 0 Å². The average Bonchev–Trinajstić information content (AvgIpc) is 3.25. The van der Waals surface area contributed by atoms with E-state index in [1.165, 1.54) is 35.1 Å². The Hall–Kier alpha value is -2.86. The van der Waals surface area contributed by atoms with Crippen molar-refractivity contribution in [3.05, 3.63) is 131 Å². The maximum atomic E-state index is 2.37. The molecule has 1 aliphatic rings. The Balaban J connectivity index is 1.90. The van der Waals surface area contributed by atoms with Gasteiger partial charge in [-0.05, 0) is 47.1 Å². The first-order valence-corrected chi connectivity index (χ1v) is 10.9. The van der Waals surface area contributed by atoms with Crippen LogP contribution in [-0.2, 0) is 11.8 Å². The molecule has 29 heavy (non-hydrogen) atoms. The summed E-state index contributed by atoms with van der Waals surface area (Å²) in [6.45, 7) is 2.30. The highest BCUT2D eigenvalue weighted by Gasteiger charge is 2.39. The molecular weight excluding hydrogens is 348 g/mol. The van der Waals surface area contributed by atoms with Crippen LogP contribution in [0.4, 0.5) is 0 Å². The highest BCUT2D eigenvalue weighted by molar-refractivity contribution is 5.55. The molecule has 3 aromatic rings. The lowest BCUT2D eigenvalue weighted by Gasteiger charge is -2.38. The van der Waals surface area contributed by atoms with E-state index >= 15 is 0 Å². The van der Waals surface area contributed by atoms with Crippen LogP contribution in [0.1, 0.15) is 49.3 Å². The van der Waals surface area contributed by atoms with Gasteiger partial charge in [0.1, 0.15) is 0 Å². The van der Waals surface area contributed by atoms with Crippen molar-refractivity contribution in [3.63, 3.8) is 0 Å². The van der Waals surface area contributed by atoms with E-state index in [0.29, 0.717) is 0 Å². The van der Waals surface area contributed by atoms with Crippen molar-refractivity contribution in [1.82, 2.24) is 0 Å². The predicted molar refractivity (Wildman–Crippen MR) is 124 cm³/mol. The van der Waals surface area contributed by atoms with Gasteiger partial charge in [0.2, 0.25) is 0 Å². The Kier molecular flexibility index (Phi) is 6.10. The summed E-state index contributed by atoms with van der Waals surface area (Å²) in [7, 11) is 0. The first kappa shape index (κ1) is 19.5. The maximum absolute atomic E-state index is 2.37. The molecule has 0 nitrogen and oxygen atoms in total. The summed E-state index contributed by atoms with van der Waals surface area (Å²) >= 11 is 0. The molecular formula is C29H30. The van der Waals surface area contributed by atoms with Gasteiger partial charge in [-0.15, -0.1) is 0 Å². The molecule has 0 atom stereocenters. The van der Waals surface area contributed by atoms with E-state index in [-0.39, 0.29) is 5.41 Å². The Morgan fingerprint density at radius 1 is 0.724 bits per heavy atom. The fraction of sp³-hybridized carbons (Fsp3) is 0.241. The number of hydrogen-bond donors (Lipinski definition) is 0. The van der Waals surface area contributed by atoms with Crippen molar-refractivity contribution < 1.29 is 0 Å². The minimum Gasteiger partial charge on any atom is -0.0801 e. The SMILES string of the molecule is CCCCC(C1=C(Cc2ccccc2)C=CC1)(c1ccccc1)c1ccccc1. The number of benzene rings is 3. The summed E-state index contributed by atoms with van der Waals surface area (Å²) in [6.07, 6.45) is 10.3. The van der Waals surface area contributed by atoms with Crippen molar-refractivity contribution in [2.75, 3.05) is 0 Å². The first-order valence-electron chi connectivity index (χ1n) is 10.9. The quantitative estimate of drug-likeness (QED) is 0.377.